The lowest BCUT2D eigenvalue weighted by atomic mass is 10.1. The number of likely N-dealkylation sites (tertiary alicyclic amines) is 1. The number of carbonyl (C=O) groups excluding carboxylic acids is 1. The summed E-state index contributed by atoms with van der Waals surface area (Å²) in [5, 5.41) is 0. The fourth-order valence-corrected chi connectivity index (χ4v) is 4.20. The molecule has 0 aliphatic carbocycles. The van der Waals surface area contributed by atoms with E-state index < -0.39 is 0 Å². The second kappa shape index (κ2) is 9.31. The number of rotatable bonds is 5. The number of methoxy groups -OCH3 is 1. The molecule has 0 aromatic heterocycles. The molecule has 4 rings (SSSR count). The van der Waals surface area contributed by atoms with Gasteiger partial charge in [-0.1, -0.05) is 24.6 Å². The minimum Gasteiger partial charge on any atom is -0.497 e. The van der Waals surface area contributed by atoms with E-state index in [1.807, 2.05) is 29.2 Å². The van der Waals surface area contributed by atoms with Crippen LogP contribution >= 0.6 is 0 Å². The molecule has 2 aromatic rings. The molecule has 29 heavy (non-hydrogen) atoms. The first-order valence-electron chi connectivity index (χ1n) is 10.6. The largest absolute Gasteiger partial charge is 0.497 e. The molecular weight excluding hydrogens is 364 g/mol. The zero-order chi connectivity index (χ0) is 20.1. The van der Waals surface area contributed by atoms with Gasteiger partial charge in [0.1, 0.15) is 18.1 Å². The fourth-order valence-electron chi connectivity index (χ4n) is 4.20. The van der Waals surface area contributed by atoms with Crippen molar-refractivity contribution in [1.29, 1.82) is 0 Å². The molecule has 2 heterocycles. The molecule has 5 nitrogen and oxygen atoms in total. The highest BCUT2D eigenvalue weighted by Gasteiger charge is 2.21. The van der Waals surface area contributed by atoms with Gasteiger partial charge in [0, 0.05) is 18.7 Å². The van der Waals surface area contributed by atoms with Crippen LogP contribution < -0.4 is 9.47 Å². The van der Waals surface area contributed by atoms with E-state index in [9.17, 15) is 4.79 Å². The Kier molecular flexibility index (Phi) is 6.35. The summed E-state index contributed by atoms with van der Waals surface area (Å²) in [5.74, 6) is 1.81. The molecule has 154 valence electrons. The highest BCUT2D eigenvalue weighted by Crippen LogP contribution is 2.26. The van der Waals surface area contributed by atoms with Crippen LogP contribution in [0.5, 0.6) is 11.5 Å². The van der Waals surface area contributed by atoms with Gasteiger partial charge >= 0.3 is 0 Å². The van der Waals surface area contributed by atoms with Gasteiger partial charge in [0.15, 0.2) is 0 Å². The standard InChI is InChI=1S/C24H30N2O3/c1-28-22-7-5-6-19(15-22)16-24(27)26-12-13-29-23-9-8-20(14-21(23)18-26)17-25-10-3-2-4-11-25/h5-9,14-15H,2-4,10-13,16-18H2,1H3. The molecule has 1 fully saturated rings. The Balaban J connectivity index is 1.44. The highest BCUT2D eigenvalue weighted by molar-refractivity contribution is 5.79. The van der Waals surface area contributed by atoms with Crippen molar-refractivity contribution in [2.45, 2.75) is 38.8 Å². The van der Waals surface area contributed by atoms with Crippen molar-refractivity contribution in [2.75, 3.05) is 33.4 Å². The van der Waals surface area contributed by atoms with Crippen molar-refractivity contribution in [3.8, 4) is 11.5 Å². The number of hydrogen-bond acceptors (Lipinski definition) is 4. The summed E-state index contributed by atoms with van der Waals surface area (Å²) in [6.07, 6.45) is 4.31. The van der Waals surface area contributed by atoms with E-state index in [0.29, 0.717) is 26.1 Å². The number of piperidine rings is 1. The van der Waals surface area contributed by atoms with E-state index >= 15 is 0 Å². The van der Waals surface area contributed by atoms with Gasteiger partial charge in [-0.15, -0.1) is 0 Å². The smallest absolute Gasteiger partial charge is 0.227 e. The molecule has 2 aliphatic heterocycles. The molecule has 5 heteroatoms. The second-order valence-electron chi connectivity index (χ2n) is 7.97. The number of benzene rings is 2. The highest BCUT2D eigenvalue weighted by atomic mass is 16.5. The number of nitrogens with zero attached hydrogens (tertiary/aromatic N) is 2. The number of fused-ring (bicyclic) bond motifs is 1. The number of amides is 1. The van der Waals surface area contributed by atoms with E-state index in [2.05, 4.69) is 23.1 Å². The summed E-state index contributed by atoms with van der Waals surface area (Å²) in [6, 6.07) is 14.2. The number of carbonyl (C=O) groups is 1. The molecule has 0 unspecified atom stereocenters. The average molecular weight is 395 g/mol. The Bertz CT molecular complexity index is 846. The van der Waals surface area contributed by atoms with Crippen LogP contribution in [0.25, 0.3) is 0 Å². The molecule has 2 aliphatic rings. The first-order valence-corrected chi connectivity index (χ1v) is 10.6. The monoisotopic (exact) mass is 394 g/mol. The normalized spacial score (nSPS) is 17.2. The average Bonchev–Trinajstić information content (AvgIpc) is 2.97. The van der Waals surface area contributed by atoms with Crippen molar-refractivity contribution in [2.24, 2.45) is 0 Å². The van der Waals surface area contributed by atoms with E-state index in [0.717, 1.165) is 29.2 Å². The third kappa shape index (κ3) is 5.10. The van der Waals surface area contributed by atoms with Gasteiger partial charge < -0.3 is 14.4 Å². The predicted molar refractivity (Wildman–Crippen MR) is 113 cm³/mol. The predicted octanol–water partition coefficient (Wildman–Crippen LogP) is 3.64. The Hall–Kier alpha value is -2.53. The maximum atomic E-state index is 13.0. The molecule has 0 radical (unpaired) electrons. The molecule has 0 atom stereocenters. The Morgan fingerprint density at radius 2 is 1.90 bits per heavy atom. The summed E-state index contributed by atoms with van der Waals surface area (Å²) >= 11 is 0. The Morgan fingerprint density at radius 1 is 1.03 bits per heavy atom. The summed E-state index contributed by atoms with van der Waals surface area (Å²) in [6.45, 7) is 5.08. The number of ether oxygens (including phenoxy) is 2. The SMILES string of the molecule is COc1cccc(CC(=O)N2CCOc3ccc(CN4CCCCC4)cc3C2)c1. The molecule has 0 N–H and O–H groups in total. The fraction of sp³-hybridized carbons (Fsp3) is 0.458. The maximum absolute atomic E-state index is 13.0. The molecule has 0 spiro atoms. The van der Waals surface area contributed by atoms with Crippen molar-refractivity contribution < 1.29 is 14.3 Å². The van der Waals surface area contributed by atoms with Crippen LogP contribution in [0.2, 0.25) is 0 Å². The zero-order valence-electron chi connectivity index (χ0n) is 17.2. The van der Waals surface area contributed by atoms with Gasteiger partial charge in [0.25, 0.3) is 0 Å². The first kappa shape index (κ1) is 19.8. The van der Waals surface area contributed by atoms with E-state index in [-0.39, 0.29) is 5.91 Å². The first-order chi connectivity index (χ1) is 14.2. The topological polar surface area (TPSA) is 42.0 Å². The van der Waals surface area contributed by atoms with Crippen LogP contribution in [0.3, 0.4) is 0 Å². The second-order valence-corrected chi connectivity index (χ2v) is 7.97. The molecule has 1 saturated heterocycles. The lowest BCUT2D eigenvalue weighted by Gasteiger charge is -2.26. The summed E-state index contributed by atoms with van der Waals surface area (Å²) < 4.78 is 11.2. The molecule has 0 bridgehead atoms. The Labute approximate surface area is 173 Å². The molecule has 0 saturated carbocycles. The van der Waals surface area contributed by atoms with E-state index in [4.69, 9.17) is 9.47 Å². The lowest BCUT2D eigenvalue weighted by molar-refractivity contribution is -0.131. The van der Waals surface area contributed by atoms with Gasteiger partial charge in [-0.2, -0.15) is 0 Å². The molecular formula is C24H30N2O3. The van der Waals surface area contributed by atoms with Crippen LogP contribution in [0, 0.1) is 0 Å². The lowest BCUT2D eigenvalue weighted by Crippen LogP contribution is -2.33. The maximum Gasteiger partial charge on any atom is 0.227 e. The van der Waals surface area contributed by atoms with Crippen LogP contribution in [-0.2, 0) is 24.3 Å². The van der Waals surface area contributed by atoms with Crippen molar-refractivity contribution in [3.63, 3.8) is 0 Å². The van der Waals surface area contributed by atoms with Crippen LogP contribution in [0.15, 0.2) is 42.5 Å². The molecule has 1 amide bonds. The third-order valence-electron chi connectivity index (χ3n) is 5.80. The van der Waals surface area contributed by atoms with Gasteiger partial charge in [-0.3, -0.25) is 9.69 Å². The minimum atomic E-state index is 0.121. The van der Waals surface area contributed by atoms with Crippen LogP contribution in [-0.4, -0.2) is 49.1 Å². The minimum absolute atomic E-state index is 0.121. The summed E-state index contributed by atoms with van der Waals surface area (Å²) in [7, 11) is 1.64. The van der Waals surface area contributed by atoms with Gasteiger partial charge in [-0.25, -0.2) is 0 Å². The quantitative estimate of drug-likeness (QED) is 0.776. The summed E-state index contributed by atoms with van der Waals surface area (Å²) in [4.78, 5) is 17.4. The molecule has 2 aromatic carbocycles. The van der Waals surface area contributed by atoms with E-state index in [1.54, 1.807) is 7.11 Å². The van der Waals surface area contributed by atoms with Crippen molar-refractivity contribution in [1.82, 2.24) is 9.80 Å². The Morgan fingerprint density at radius 3 is 2.72 bits per heavy atom. The van der Waals surface area contributed by atoms with Gasteiger partial charge in [0.2, 0.25) is 5.91 Å². The summed E-state index contributed by atoms with van der Waals surface area (Å²) in [5.41, 5.74) is 3.38. The van der Waals surface area contributed by atoms with Gasteiger partial charge in [0.05, 0.1) is 20.1 Å². The van der Waals surface area contributed by atoms with Gasteiger partial charge in [-0.05, 0) is 61.3 Å². The van der Waals surface area contributed by atoms with Crippen LogP contribution in [0.1, 0.15) is 36.0 Å². The van der Waals surface area contributed by atoms with E-state index in [1.165, 1.54) is 37.9 Å². The van der Waals surface area contributed by atoms with Crippen molar-refractivity contribution in [3.05, 3.63) is 59.2 Å². The van der Waals surface area contributed by atoms with Crippen LogP contribution in [0.4, 0.5) is 0 Å². The van der Waals surface area contributed by atoms with Crippen molar-refractivity contribution >= 4 is 5.91 Å². The third-order valence-corrected chi connectivity index (χ3v) is 5.80. The zero-order valence-corrected chi connectivity index (χ0v) is 17.2. The number of hydrogen-bond donors (Lipinski definition) is 0.